The predicted molar refractivity (Wildman–Crippen MR) is 73.1 cm³/mol. The first-order valence-electron chi connectivity index (χ1n) is 7.31. The molecule has 5 heteroatoms. The van der Waals surface area contributed by atoms with Gasteiger partial charge in [-0.25, -0.2) is 4.79 Å². The number of urea groups is 1. The molecule has 0 unspecified atom stereocenters. The van der Waals surface area contributed by atoms with Gasteiger partial charge in [-0.3, -0.25) is 0 Å². The third-order valence-electron chi connectivity index (χ3n) is 4.40. The maximum Gasteiger partial charge on any atom is 0.317 e. The van der Waals surface area contributed by atoms with Gasteiger partial charge >= 0.3 is 6.03 Å². The van der Waals surface area contributed by atoms with Crippen molar-refractivity contribution in [3.8, 4) is 0 Å². The molecule has 0 radical (unpaired) electrons. The van der Waals surface area contributed by atoms with Crippen molar-refractivity contribution in [2.45, 2.75) is 45.3 Å². The molecule has 2 aliphatic rings. The lowest BCUT2D eigenvalue weighted by Gasteiger charge is -2.40. The predicted octanol–water partition coefficient (Wildman–Crippen LogP) is 1.62. The van der Waals surface area contributed by atoms with Crippen molar-refractivity contribution in [1.29, 1.82) is 0 Å². The number of carbonyl (C=O) groups excluding carboxylic acids is 1. The maximum absolute atomic E-state index is 12.3. The first-order chi connectivity index (χ1) is 9.04. The van der Waals surface area contributed by atoms with Crippen LogP contribution in [-0.4, -0.2) is 55.5 Å². The molecule has 2 heterocycles. The zero-order chi connectivity index (χ0) is 13.9. The first-order valence-corrected chi connectivity index (χ1v) is 7.31. The highest BCUT2D eigenvalue weighted by molar-refractivity contribution is 5.74. The van der Waals surface area contributed by atoms with Gasteiger partial charge in [-0.15, -0.1) is 0 Å². The van der Waals surface area contributed by atoms with Crippen LogP contribution in [0.25, 0.3) is 0 Å². The Morgan fingerprint density at radius 2 is 2.32 bits per heavy atom. The summed E-state index contributed by atoms with van der Waals surface area (Å²) in [7, 11) is 0. The van der Waals surface area contributed by atoms with Crippen molar-refractivity contribution in [2.24, 2.45) is 5.92 Å². The Morgan fingerprint density at radius 3 is 2.95 bits per heavy atom. The van der Waals surface area contributed by atoms with Crippen molar-refractivity contribution in [2.75, 3.05) is 32.9 Å². The summed E-state index contributed by atoms with van der Waals surface area (Å²) >= 11 is 0. The Morgan fingerprint density at radius 1 is 1.53 bits per heavy atom. The van der Waals surface area contributed by atoms with E-state index >= 15 is 0 Å². The third-order valence-corrected chi connectivity index (χ3v) is 4.40. The fourth-order valence-electron chi connectivity index (χ4n) is 2.67. The van der Waals surface area contributed by atoms with E-state index in [0.717, 1.165) is 26.1 Å². The largest absolute Gasteiger partial charge is 0.381 e. The number of nitrogens with zero attached hydrogens (tertiary/aromatic N) is 1. The minimum atomic E-state index is -0.199. The standard InChI is InChI=1S/C14H26N2O3/c1-4-14(3)10-16(6-8-19-14)13(17)15-11(2)12-5-7-18-9-12/h11-12H,4-10H2,1-3H3,(H,15,17)/t11-,12-,14+/m1/s1. The molecule has 0 saturated carbocycles. The summed E-state index contributed by atoms with van der Waals surface area (Å²) in [6.07, 6.45) is 1.96. The van der Waals surface area contributed by atoms with Gasteiger partial charge in [0.1, 0.15) is 0 Å². The zero-order valence-corrected chi connectivity index (χ0v) is 12.3. The van der Waals surface area contributed by atoms with Crippen molar-refractivity contribution in [3.05, 3.63) is 0 Å². The van der Waals surface area contributed by atoms with Crippen molar-refractivity contribution in [1.82, 2.24) is 10.2 Å². The number of nitrogens with one attached hydrogen (secondary N) is 1. The molecule has 0 aromatic heterocycles. The molecule has 2 saturated heterocycles. The van der Waals surface area contributed by atoms with Crippen LogP contribution in [0.5, 0.6) is 0 Å². The number of ether oxygens (including phenoxy) is 2. The Hall–Kier alpha value is -0.810. The van der Waals surface area contributed by atoms with E-state index in [1.54, 1.807) is 0 Å². The molecule has 0 spiro atoms. The highest BCUT2D eigenvalue weighted by Gasteiger charge is 2.33. The van der Waals surface area contributed by atoms with Gasteiger partial charge < -0.3 is 19.7 Å². The summed E-state index contributed by atoms with van der Waals surface area (Å²) in [5, 5.41) is 3.10. The summed E-state index contributed by atoms with van der Waals surface area (Å²) < 4.78 is 11.1. The van der Waals surface area contributed by atoms with E-state index < -0.39 is 0 Å². The second-order valence-corrected chi connectivity index (χ2v) is 5.94. The van der Waals surface area contributed by atoms with Crippen LogP contribution in [0.4, 0.5) is 4.79 Å². The summed E-state index contributed by atoms with van der Waals surface area (Å²) in [6, 6.07) is 0.202. The molecule has 19 heavy (non-hydrogen) atoms. The molecule has 2 aliphatic heterocycles. The molecular weight excluding hydrogens is 244 g/mol. The Labute approximate surface area is 115 Å². The van der Waals surface area contributed by atoms with E-state index in [2.05, 4.69) is 26.1 Å². The number of hydrogen-bond donors (Lipinski definition) is 1. The van der Waals surface area contributed by atoms with Gasteiger partial charge in [0.05, 0.1) is 25.4 Å². The lowest BCUT2D eigenvalue weighted by molar-refractivity contribution is -0.0875. The molecule has 0 aliphatic carbocycles. The topological polar surface area (TPSA) is 50.8 Å². The van der Waals surface area contributed by atoms with Gasteiger partial charge in [0.25, 0.3) is 0 Å². The van der Waals surface area contributed by atoms with Crippen LogP contribution in [0.3, 0.4) is 0 Å². The molecule has 5 nitrogen and oxygen atoms in total. The molecule has 110 valence electrons. The quantitative estimate of drug-likeness (QED) is 0.848. The smallest absolute Gasteiger partial charge is 0.317 e. The van der Waals surface area contributed by atoms with Crippen LogP contribution in [0.2, 0.25) is 0 Å². The normalized spacial score (nSPS) is 33.2. The Bertz CT molecular complexity index is 318. The molecule has 0 aromatic carbocycles. The van der Waals surface area contributed by atoms with Gasteiger partial charge in [-0.1, -0.05) is 6.92 Å². The van der Waals surface area contributed by atoms with Gasteiger partial charge in [0.15, 0.2) is 0 Å². The van der Waals surface area contributed by atoms with E-state index in [4.69, 9.17) is 9.47 Å². The summed E-state index contributed by atoms with van der Waals surface area (Å²) in [5.41, 5.74) is -0.199. The minimum Gasteiger partial charge on any atom is -0.381 e. The molecule has 0 bridgehead atoms. The van der Waals surface area contributed by atoms with Crippen LogP contribution in [0.15, 0.2) is 0 Å². The fourth-order valence-corrected chi connectivity index (χ4v) is 2.67. The average molecular weight is 270 g/mol. The third kappa shape index (κ3) is 3.60. The molecule has 0 aromatic rings. The van der Waals surface area contributed by atoms with E-state index in [1.807, 2.05) is 4.90 Å². The van der Waals surface area contributed by atoms with Crippen LogP contribution < -0.4 is 5.32 Å². The maximum atomic E-state index is 12.3. The first kappa shape index (κ1) is 14.6. The van der Waals surface area contributed by atoms with Crippen LogP contribution in [0.1, 0.15) is 33.6 Å². The lowest BCUT2D eigenvalue weighted by atomic mass is 10.00. The summed E-state index contributed by atoms with van der Waals surface area (Å²) in [5.74, 6) is 0.447. The van der Waals surface area contributed by atoms with Crippen molar-refractivity contribution < 1.29 is 14.3 Å². The van der Waals surface area contributed by atoms with Crippen molar-refractivity contribution in [3.63, 3.8) is 0 Å². The number of hydrogen-bond acceptors (Lipinski definition) is 3. The highest BCUT2D eigenvalue weighted by atomic mass is 16.5. The molecular formula is C14H26N2O3. The van der Waals surface area contributed by atoms with E-state index in [-0.39, 0.29) is 17.7 Å². The molecule has 3 atom stereocenters. The van der Waals surface area contributed by atoms with E-state index in [0.29, 0.717) is 25.6 Å². The molecule has 2 amide bonds. The highest BCUT2D eigenvalue weighted by Crippen LogP contribution is 2.21. The minimum absolute atomic E-state index is 0.0300. The lowest BCUT2D eigenvalue weighted by Crippen LogP contribution is -2.56. The monoisotopic (exact) mass is 270 g/mol. The van der Waals surface area contributed by atoms with Crippen LogP contribution >= 0.6 is 0 Å². The number of rotatable bonds is 3. The number of morpholine rings is 1. The molecule has 2 fully saturated rings. The van der Waals surface area contributed by atoms with E-state index in [1.165, 1.54) is 0 Å². The zero-order valence-electron chi connectivity index (χ0n) is 12.3. The van der Waals surface area contributed by atoms with Gasteiger partial charge in [-0.2, -0.15) is 0 Å². The van der Waals surface area contributed by atoms with Crippen LogP contribution in [0, 0.1) is 5.92 Å². The number of carbonyl (C=O) groups is 1. The SMILES string of the molecule is CC[C@@]1(C)CN(C(=O)N[C@H](C)[C@@H]2CCOC2)CCO1. The van der Waals surface area contributed by atoms with Gasteiger partial charge in [0, 0.05) is 25.1 Å². The van der Waals surface area contributed by atoms with Gasteiger partial charge in [-0.05, 0) is 26.7 Å². The Balaban J connectivity index is 1.85. The second kappa shape index (κ2) is 6.09. The second-order valence-electron chi connectivity index (χ2n) is 5.94. The summed E-state index contributed by atoms with van der Waals surface area (Å²) in [6.45, 7) is 9.78. The molecule has 2 rings (SSSR count). The van der Waals surface area contributed by atoms with E-state index in [9.17, 15) is 4.79 Å². The Kier molecular flexibility index (Phi) is 4.68. The number of amides is 2. The fraction of sp³-hybridized carbons (Fsp3) is 0.929. The van der Waals surface area contributed by atoms with Crippen molar-refractivity contribution >= 4 is 6.03 Å². The van der Waals surface area contributed by atoms with Crippen LogP contribution in [-0.2, 0) is 9.47 Å². The molecule has 1 N–H and O–H groups in total. The van der Waals surface area contributed by atoms with Gasteiger partial charge in [0.2, 0.25) is 0 Å². The average Bonchev–Trinajstić information content (AvgIpc) is 2.92. The summed E-state index contributed by atoms with van der Waals surface area (Å²) in [4.78, 5) is 14.2.